The van der Waals surface area contributed by atoms with Crippen molar-refractivity contribution in [2.24, 2.45) is 0 Å². The van der Waals surface area contributed by atoms with Crippen molar-refractivity contribution in [1.29, 1.82) is 0 Å². The van der Waals surface area contributed by atoms with Gasteiger partial charge in [-0.15, -0.1) is 0 Å². The molecule has 1 aliphatic rings. The van der Waals surface area contributed by atoms with Crippen LogP contribution < -0.4 is 4.72 Å². The van der Waals surface area contributed by atoms with Crippen LogP contribution in [0.1, 0.15) is 36.0 Å². The van der Waals surface area contributed by atoms with Crippen LogP contribution in [-0.2, 0) is 10.0 Å². The number of amides is 1. The Hall–Kier alpha value is -2.27. The first-order valence-electron chi connectivity index (χ1n) is 9.77. The fraction of sp³-hybridized carbons (Fsp3) is 0.286. The van der Waals surface area contributed by atoms with E-state index in [1.165, 1.54) is 18.5 Å². The number of anilines is 1. The molecule has 7 nitrogen and oxygen atoms in total. The summed E-state index contributed by atoms with van der Waals surface area (Å²) in [6.07, 6.45) is 7.12. The third-order valence-electron chi connectivity index (χ3n) is 5.10. The summed E-state index contributed by atoms with van der Waals surface area (Å²) in [5, 5.41) is 0. The fourth-order valence-electron chi connectivity index (χ4n) is 3.61. The number of benzene rings is 2. The van der Waals surface area contributed by atoms with E-state index in [4.69, 9.17) is 0 Å². The minimum Gasteiger partial charge on any atom is -0.339 e. The number of nitrogens with one attached hydrogen (secondary N) is 1. The van der Waals surface area contributed by atoms with Gasteiger partial charge in [-0.25, -0.2) is 8.42 Å². The van der Waals surface area contributed by atoms with Gasteiger partial charge in [-0.3, -0.25) is 19.5 Å². The largest absolute Gasteiger partial charge is 0.339 e. The highest BCUT2D eigenvalue weighted by Gasteiger charge is 2.24. The second-order valence-electron chi connectivity index (χ2n) is 7.18. The maximum Gasteiger partial charge on any atom is 0.264 e. The van der Waals surface area contributed by atoms with Crippen molar-refractivity contribution in [3.8, 4) is 0 Å². The summed E-state index contributed by atoms with van der Waals surface area (Å²) in [4.78, 5) is 23.4. The van der Waals surface area contributed by atoms with Crippen LogP contribution >= 0.6 is 22.6 Å². The van der Waals surface area contributed by atoms with Crippen molar-refractivity contribution < 1.29 is 13.2 Å². The summed E-state index contributed by atoms with van der Waals surface area (Å²) in [5.74, 6) is -0.149. The molecule has 2 heterocycles. The Bertz CT molecular complexity index is 1190. The molecule has 1 amide bonds. The predicted molar refractivity (Wildman–Crippen MR) is 124 cm³/mol. The first kappa shape index (κ1) is 21.0. The van der Waals surface area contributed by atoms with Crippen molar-refractivity contribution >= 4 is 55.2 Å². The molecule has 4 rings (SSSR count). The monoisotopic (exact) mass is 536 g/mol. The van der Waals surface area contributed by atoms with Crippen LogP contribution in [0.3, 0.4) is 0 Å². The number of nitrogens with zero attached hydrogens (tertiary/aromatic N) is 3. The van der Waals surface area contributed by atoms with E-state index in [9.17, 15) is 13.2 Å². The first-order valence-corrected chi connectivity index (χ1v) is 12.3. The van der Waals surface area contributed by atoms with Crippen molar-refractivity contribution in [3.05, 3.63) is 57.9 Å². The lowest BCUT2D eigenvalue weighted by Gasteiger charge is -2.22. The Morgan fingerprint density at radius 2 is 1.73 bits per heavy atom. The normalized spacial score (nSPS) is 15.0. The van der Waals surface area contributed by atoms with Crippen LogP contribution in [0.15, 0.2) is 53.7 Å². The summed E-state index contributed by atoms with van der Waals surface area (Å²) in [5.41, 5.74) is 1.41. The van der Waals surface area contributed by atoms with E-state index in [-0.39, 0.29) is 16.5 Å². The van der Waals surface area contributed by atoms with E-state index in [1.807, 2.05) is 11.0 Å². The van der Waals surface area contributed by atoms with Gasteiger partial charge in [-0.1, -0.05) is 18.9 Å². The zero-order valence-corrected chi connectivity index (χ0v) is 19.2. The molecule has 0 saturated carbocycles. The van der Waals surface area contributed by atoms with E-state index < -0.39 is 10.0 Å². The average Bonchev–Trinajstić information content (AvgIpc) is 3.02. The van der Waals surface area contributed by atoms with Crippen molar-refractivity contribution in [2.45, 2.75) is 30.6 Å². The minimum atomic E-state index is -3.98. The van der Waals surface area contributed by atoms with Crippen LogP contribution in [0.2, 0.25) is 0 Å². The molecule has 1 aromatic heterocycles. The van der Waals surface area contributed by atoms with Crippen LogP contribution in [0, 0.1) is 3.57 Å². The van der Waals surface area contributed by atoms with Gasteiger partial charge < -0.3 is 4.90 Å². The van der Waals surface area contributed by atoms with Crippen LogP contribution in [-0.4, -0.2) is 42.3 Å². The van der Waals surface area contributed by atoms with E-state index in [0.717, 1.165) is 29.3 Å². The molecular weight excluding hydrogens is 515 g/mol. The number of rotatable bonds is 4. The van der Waals surface area contributed by atoms with Gasteiger partial charge in [0.25, 0.3) is 15.9 Å². The lowest BCUT2D eigenvalue weighted by Crippen LogP contribution is -2.32. The molecule has 1 N–H and O–H groups in total. The zero-order chi connectivity index (χ0) is 21.1. The molecule has 0 spiro atoms. The summed E-state index contributed by atoms with van der Waals surface area (Å²) in [7, 11) is -3.98. The topological polar surface area (TPSA) is 92.3 Å². The molecule has 0 aliphatic carbocycles. The maximum atomic E-state index is 13.2. The highest BCUT2D eigenvalue weighted by molar-refractivity contribution is 14.1. The summed E-state index contributed by atoms with van der Waals surface area (Å²) in [6, 6.07) is 10.0. The summed E-state index contributed by atoms with van der Waals surface area (Å²) in [6.45, 7) is 1.38. The number of hydrogen-bond donors (Lipinski definition) is 1. The number of aromatic nitrogens is 2. The zero-order valence-electron chi connectivity index (χ0n) is 16.2. The second-order valence-corrected chi connectivity index (χ2v) is 10.1. The van der Waals surface area contributed by atoms with Gasteiger partial charge in [0.05, 0.1) is 16.8 Å². The molecular formula is C21H21IN4O3S. The molecule has 0 unspecified atom stereocenters. The summed E-state index contributed by atoms with van der Waals surface area (Å²) < 4.78 is 29.9. The standard InChI is InChI=1S/C21H21IN4O3S/c22-15-8-9-16(21(27)26-12-3-1-2-4-13-26)18(14-15)25-30(28,29)19-7-5-6-17-20(19)24-11-10-23-17/h5-11,14,25H,1-4,12-13H2. The number of likely N-dealkylation sites (tertiary alicyclic amines) is 1. The van der Waals surface area contributed by atoms with Gasteiger partial charge in [0.15, 0.2) is 0 Å². The van der Waals surface area contributed by atoms with Crippen LogP contribution in [0.4, 0.5) is 5.69 Å². The Labute approximate surface area is 189 Å². The quantitative estimate of drug-likeness (QED) is 0.508. The second kappa shape index (κ2) is 8.84. The van der Waals surface area contributed by atoms with E-state index in [2.05, 4.69) is 37.3 Å². The third kappa shape index (κ3) is 4.41. The molecule has 3 aromatic rings. The van der Waals surface area contributed by atoms with Crippen LogP contribution in [0.25, 0.3) is 11.0 Å². The molecule has 156 valence electrons. The Balaban J connectivity index is 1.72. The highest BCUT2D eigenvalue weighted by Crippen LogP contribution is 2.27. The number of hydrogen-bond acceptors (Lipinski definition) is 5. The van der Waals surface area contributed by atoms with Gasteiger partial charge in [0, 0.05) is 29.1 Å². The molecule has 1 fully saturated rings. The van der Waals surface area contributed by atoms with Gasteiger partial charge >= 0.3 is 0 Å². The van der Waals surface area contributed by atoms with Gasteiger partial charge in [0.1, 0.15) is 10.4 Å². The smallest absolute Gasteiger partial charge is 0.264 e. The summed E-state index contributed by atoms with van der Waals surface area (Å²) >= 11 is 2.10. The van der Waals surface area contributed by atoms with Gasteiger partial charge in [-0.2, -0.15) is 0 Å². The lowest BCUT2D eigenvalue weighted by atomic mass is 10.1. The van der Waals surface area contributed by atoms with E-state index in [0.29, 0.717) is 29.7 Å². The number of carbonyl (C=O) groups excluding carboxylic acids is 1. The molecule has 1 saturated heterocycles. The van der Waals surface area contributed by atoms with Crippen molar-refractivity contribution in [3.63, 3.8) is 0 Å². The Morgan fingerprint density at radius 3 is 2.50 bits per heavy atom. The van der Waals surface area contributed by atoms with Gasteiger partial charge in [-0.05, 0) is 65.8 Å². The first-order chi connectivity index (χ1) is 14.5. The third-order valence-corrected chi connectivity index (χ3v) is 7.17. The molecule has 0 radical (unpaired) electrons. The van der Waals surface area contributed by atoms with Crippen LogP contribution in [0.5, 0.6) is 0 Å². The molecule has 30 heavy (non-hydrogen) atoms. The van der Waals surface area contributed by atoms with Crippen molar-refractivity contribution in [2.75, 3.05) is 17.8 Å². The molecule has 0 bridgehead atoms. The highest BCUT2D eigenvalue weighted by atomic mass is 127. The molecule has 1 aliphatic heterocycles. The van der Waals surface area contributed by atoms with E-state index in [1.54, 1.807) is 24.3 Å². The van der Waals surface area contributed by atoms with Crippen molar-refractivity contribution in [1.82, 2.24) is 14.9 Å². The molecule has 0 atom stereocenters. The minimum absolute atomic E-state index is 0.0279. The van der Waals surface area contributed by atoms with E-state index >= 15 is 0 Å². The molecule has 9 heteroatoms. The number of fused-ring (bicyclic) bond motifs is 1. The van der Waals surface area contributed by atoms with Gasteiger partial charge in [0.2, 0.25) is 0 Å². The Kier molecular flexibility index (Phi) is 6.19. The predicted octanol–water partition coefficient (Wildman–Crippen LogP) is 4.05. The number of sulfonamides is 1. The Morgan fingerprint density at radius 1 is 1.00 bits per heavy atom. The lowest BCUT2D eigenvalue weighted by molar-refractivity contribution is 0.0762. The SMILES string of the molecule is O=C(c1ccc(I)cc1NS(=O)(=O)c1cccc2nccnc12)N1CCCCCC1. The number of halogens is 1. The maximum absolute atomic E-state index is 13.2. The molecule has 2 aromatic carbocycles. The number of carbonyl (C=O) groups is 1. The number of para-hydroxylation sites is 1. The average molecular weight is 536 g/mol. The fourth-order valence-corrected chi connectivity index (χ4v) is 5.34.